The Morgan fingerprint density at radius 2 is 2.13 bits per heavy atom. The molecule has 0 aliphatic rings. The van der Waals surface area contributed by atoms with Gasteiger partial charge in [0.2, 0.25) is 0 Å². The van der Waals surface area contributed by atoms with E-state index < -0.39 is 9.84 Å². The monoisotopic (exact) mass is 247 g/mol. The summed E-state index contributed by atoms with van der Waals surface area (Å²) in [6.07, 6.45) is 5.37. The van der Waals surface area contributed by atoms with E-state index in [0.717, 1.165) is 31.2 Å². The largest absolute Gasteiger partial charge is 0.258 e. The smallest absolute Gasteiger partial charge is 0.177 e. The minimum Gasteiger partial charge on any atom is -0.258 e. The van der Waals surface area contributed by atoms with Crippen LogP contribution in [0.3, 0.4) is 0 Å². The number of aromatic nitrogens is 1. The van der Waals surface area contributed by atoms with Crippen LogP contribution < -0.4 is 0 Å². The molecule has 84 valence electrons. The number of halogens is 1. The van der Waals surface area contributed by atoms with E-state index in [0.29, 0.717) is 5.02 Å². The molecule has 0 aliphatic carbocycles. The fourth-order valence-corrected chi connectivity index (χ4v) is 2.08. The van der Waals surface area contributed by atoms with E-state index in [1.807, 2.05) is 0 Å². The fraction of sp³-hybridized carbons (Fsp3) is 0.500. The van der Waals surface area contributed by atoms with E-state index >= 15 is 0 Å². The summed E-state index contributed by atoms with van der Waals surface area (Å²) in [5, 5.41) is 0.436. The Bertz CT molecular complexity index is 443. The molecule has 15 heavy (non-hydrogen) atoms. The Morgan fingerprint density at radius 3 is 2.60 bits per heavy atom. The summed E-state index contributed by atoms with van der Waals surface area (Å²) in [6.45, 7) is 2.08. The molecule has 1 rings (SSSR count). The van der Waals surface area contributed by atoms with Crippen molar-refractivity contribution in [1.82, 2.24) is 4.98 Å². The van der Waals surface area contributed by atoms with E-state index in [-0.39, 0.29) is 4.90 Å². The highest BCUT2D eigenvalue weighted by Crippen LogP contribution is 2.19. The van der Waals surface area contributed by atoms with Crippen molar-refractivity contribution in [2.75, 3.05) is 6.26 Å². The highest BCUT2D eigenvalue weighted by atomic mass is 35.5. The molecule has 0 saturated heterocycles. The third-order valence-electron chi connectivity index (χ3n) is 2.09. The average molecular weight is 248 g/mol. The highest BCUT2D eigenvalue weighted by molar-refractivity contribution is 7.90. The van der Waals surface area contributed by atoms with Crippen molar-refractivity contribution in [2.45, 2.75) is 31.1 Å². The molecular formula is C10H14ClNO2S. The normalized spacial score (nSPS) is 11.7. The van der Waals surface area contributed by atoms with Gasteiger partial charge in [-0.05, 0) is 18.9 Å². The Labute approximate surface area is 95.4 Å². The first-order valence-electron chi connectivity index (χ1n) is 4.79. The Hall–Kier alpha value is -0.610. The number of hydrogen-bond donors (Lipinski definition) is 0. The molecule has 5 heteroatoms. The van der Waals surface area contributed by atoms with Crippen molar-refractivity contribution in [3.05, 3.63) is 23.0 Å². The fourth-order valence-electron chi connectivity index (χ4n) is 1.18. The van der Waals surface area contributed by atoms with Gasteiger partial charge in [-0.1, -0.05) is 24.9 Å². The number of unbranched alkanes of at least 4 members (excludes halogenated alkanes) is 1. The highest BCUT2D eigenvalue weighted by Gasteiger charge is 2.10. The molecule has 0 saturated carbocycles. The van der Waals surface area contributed by atoms with Gasteiger partial charge in [0.05, 0.1) is 15.6 Å². The van der Waals surface area contributed by atoms with Crippen LogP contribution >= 0.6 is 11.6 Å². The lowest BCUT2D eigenvalue weighted by molar-refractivity contribution is 0.601. The van der Waals surface area contributed by atoms with Crippen LogP contribution in [0.4, 0.5) is 0 Å². The first-order chi connectivity index (χ1) is 6.95. The maximum Gasteiger partial charge on any atom is 0.177 e. The van der Waals surface area contributed by atoms with Gasteiger partial charge < -0.3 is 0 Å². The van der Waals surface area contributed by atoms with Crippen molar-refractivity contribution < 1.29 is 8.42 Å². The summed E-state index contributed by atoms with van der Waals surface area (Å²) >= 11 is 5.94. The van der Waals surface area contributed by atoms with Gasteiger partial charge in [0, 0.05) is 12.5 Å². The molecule has 0 unspecified atom stereocenters. The standard InChI is InChI=1S/C10H14ClNO2S/c1-3-4-5-10-9(11)6-8(7-12-10)15(2,13)14/h6-7H,3-5H2,1-2H3. The van der Waals surface area contributed by atoms with Crippen molar-refractivity contribution in [3.8, 4) is 0 Å². The zero-order chi connectivity index (χ0) is 11.5. The predicted octanol–water partition coefficient (Wildman–Crippen LogP) is 2.48. The summed E-state index contributed by atoms with van der Waals surface area (Å²) in [5.41, 5.74) is 0.769. The van der Waals surface area contributed by atoms with E-state index in [4.69, 9.17) is 11.6 Å². The number of aryl methyl sites for hydroxylation is 1. The minimum absolute atomic E-state index is 0.174. The summed E-state index contributed by atoms with van der Waals surface area (Å²) in [5.74, 6) is 0. The van der Waals surface area contributed by atoms with Gasteiger partial charge in [0.25, 0.3) is 0 Å². The molecule has 1 aromatic heterocycles. The third kappa shape index (κ3) is 3.47. The first-order valence-corrected chi connectivity index (χ1v) is 7.06. The van der Waals surface area contributed by atoms with Crippen LogP contribution in [0.25, 0.3) is 0 Å². The zero-order valence-electron chi connectivity index (χ0n) is 8.83. The third-order valence-corrected chi connectivity index (χ3v) is 3.49. The van der Waals surface area contributed by atoms with Crippen molar-refractivity contribution in [3.63, 3.8) is 0 Å². The molecule has 0 atom stereocenters. The number of nitrogens with zero attached hydrogens (tertiary/aromatic N) is 1. The molecule has 0 fully saturated rings. The topological polar surface area (TPSA) is 47.0 Å². The van der Waals surface area contributed by atoms with Gasteiger partial charge in [-0.2, -0.15) is 0 Å². The van der Waals surface area contributed by atoms with Crippen LogP contribution in [0.15, 0.2) is 17.2 Å². The molecule has 0 radical (unpaired) electrons. The first kappa shape index (κ1) is 12.5. The summed E-state index contributed by atoms with van der Waals surface area (Å²) in [7, 11) is -3.21. The Kier molecular flexibility index (Phi) is 4.11. The molecule has 0 spiro atoms. The maximum atomic E-state index is 11.2. The van der Waals surface area contributed by atoms with Gasteiger partial charge in [-0.15, -0.1) is 0 Å². The van der Waals surface area contributed by atoms with E-state index in [9.17, 15) is 8.42 Å². The molecular weight excluding hydrogens is 234 g/mol. The molecule has 0 N–H and O–H groups in total. The lowest BCUT2D eigenvalue weighted by Crippen LogP contribution is -2.00. The molecule has 0 bridgehead atoms. The molecule has 3 nitrogen and oxygen atoms in total. The lowest BCUT2D eigenvalue weighted by atomic mass is 10.2. The second kappa shape index (κ2) is 4.94. The number of hydrogen-bond acceptors (Lipinski definition) is 3. The second-order valence-corrected chi connectivity index (χ2v) is 5.90. The predicted molar refractivity (Wildman–Crippen MR) is 61.0 cm³/mol. The quantitative estimate of drug-likeness (QED) is 0.821. The van der Waals surface area contributed by atoms with Crippen molar-refractivity contribution in [1.29, 1.82) is 0 Å². The van der Waals surface area contributed by atoms with Crippen molar-refractivity contribution in [2.24, 2.45) is 0 Å². The average Bonchev–Trinajstić information content (AvgIpc) is 2.14. The number of rotatable bonds is 4. The van der Waals surface area contributed by atoms with Crippen molar-refractivity contribution >= 4 is 21.4 Å². The van der Waals surface area contributed by atoms with Crippen LogP contribution in [-0.2, 0) is 16.3 Å². The second-order valence-electron chi connectivity index (χ2n) is 3.48. The minimum atomic E-state index is -3.21. The van der Waals surface area contributed by atoms with Crippen LogP contribution in [0, 0.1) is 0 Å². The van der Waals surface area contributed by atoms with E-state index in [1.54, 1.807) is 0 Å². The van der Waals surface area contributed by atoms with Crippen LogP contribution in [0.5, 0.6) is 0 Å². The Morgan fingerprint density at radius 1 is 1.47 bits per heavy atom. The number of pyridine rings is 1. The van der Waals surface area contributed by atoms with E-state index in [2.05, 4.69) is 11.9 Å². The van der Waals surface area contributed by atoms with Gasteiger partial charge in [-0.3, -0.25) is 4.98 Å². The van der Waals surface area contributed by atoms with Crippen LogP contribution in [0.2, 0.25) is 5.02 Å². The SMILES string of the molecule is CCCCc1ncc(S(C)(=O)=O)cc1Cl. The lowest BCUT2D eigenvalue weighted by Gasteiger charge is -2.04. The summed E-state index contributed by atoms with van der Waals surface area (Å²) in [4.78, 5) is 4.24. The zero-order valence-corrected chi connectivity index (χ0v) is 10.4. The van der Waals surface area contributed by atoms with Crippen LogP contribution in [-0.4, -0.2) is 19.7 Å². The Balaban J connectivity index is 2.99. The van der Waals surface area contributed by atoms with Gasteiger partial charge in [0.15, 0.2) is 9.84 Å². The molecule has 1 aromatic rings. The van der Waals surface area contributed by atoms with Gasteiger partial charge in [-0.25, -0.2) is 8.42 Å². The number of sulfone groups is 1. The molecule has 0 aromatic carbocycles. The molecule has 0 amide bonds. The van der Waals surface area contributed by atoms with Gasteiger partial charge >= 0.3 is 0 Å². The van der Waals surface area contributed by atoms with Gasteiger partial charge in [0.1, 0.15) is 0 Å². The van der Waals surface area contributed by atoms with Crippen LogP contribution in [0.1, 0.15) is 25.5 Å². The molecule has 0 aliphatic heterocycles. The summed E-state index contributed by atoms with van der Waals surface area (Å²) < 4.78 is 22.4. The maximum absolute atomic E-state index is 11.2. The summed E-state index contributed by atoms with van der Waals surface area (Å²) in [6, 6.07) is 1.47. The van der Waals surface area contributed by atoms with E-state index in [1.165, 1.54) is 12.3 Å². The molecule has 1 heterocycles.